The average Bonchev–Trinajstić information content (AvgIpc) is 3.56. The summed E-state index contributed by atoms with van der Waals surface area (Å²) in [5.74, 6) is 0.0377. The molecule has 0 unspecified atom stereocenters. The highest BCUT2D eigenvalue weighted by atomic mass is 16.5. The van der Waals surface area contributed by atoms with Crippen molar-refractivity contribution in [1.29, 1.82) is 0 Å². The molecule has 0 aromatic carbocycles. The van der Waals surface area contributed by atoms with Crippen LogP contribution in [-0.2, 0) is 9.53 Å². The molecule has 4 nitrogen and oxygen atoms in total. The molecule has 0 fully saturated rings. The number of amides is 1. The Morgan fingerprint density at radius 2 is 1.34 bits per heavy atom. The van der Waals surface area contributed by atoms with E-state index >= 15 is 0 Å². The highest BCUT2D eigenvalue weighted by molar-refractivity contribution is 5.76. The molecule has 0 saturated heterocycles. The molecule has 0 heterocycles. The van der Waals surface area contributed by atoms with E-state index in [1.54, 1.807) is 7.11 Å². The maximum Gasteiger partial charge on any atom is 0.220 e. The Hall–Kier alpha value is -0.870. The Labute approximate surface area is 199 Å². The topological polar surface area (TPSA) is 58.6 Å². The summed E-state index contributed by atoms with van der Waals surface area (Å²) < 4.78 is 5.27. The van der Waals surface area contributed by atoms with E-state index in [-0.39, 0.29) is 11.9 Å². The predicted molar refractivity (Wildman–Crippen MR) is 136 cm³/mol. The molecule has 188 valence electrons. The van der Waals surface area contributed by atoms with Gasteiger partial charge in [0.25, 0.3) is 0 Å². The lowest BCUT2D eigenvalue weighted by atomic mass is 10.0. The van der Waals surface area contributed by atoms with E-state index in [2.05, 4.69) is 19.2 Å². The zero-order valence-electron chi connectivity index (χ0n) is 21.6. The van der Waals surface area contributed by atoms with Crippen molar-refractivity contribution in [2.45, 2.75) is 148 Å². The van der Waals surface area contributed by atoms with Crippen molar-refractivity contribution in [3.63, 3.8) is 0 Å². The van der Waals surface area contributed by atoms with Crippen LogP contribution in [0.15, 0.2) is 11.1 Å². The lowest BCUT2D eigenvalue weighted by molar-refractivity contribution is -0.123. The number of carbonyl (C=O) groups excluding carboxylic acids is 1. The zero-order chi connectivity index (χ0) is 23.4. The predicted octanol–water partition coefficient (Wildman–Crippen LogP) is 7.24. The summed E-state index contributed by atoms with van der Waals surface area (Å²) >= 11 is 0. The van der Waals surface area contributed by atoms with Crippen LogP contribution in [0.4, 0.5) is 0 Å². The Kier molecular flexibility index (Phi) is 17.8. The number of nitrogens with one attached hydrogen (secondary N) is 1. The van der Waals surface area contributed by atoms with Crippen LogP contribution in [0.25, 0.3) is 0 Å². The third kappa shape index (κ3) is 14.3. The van der Waals surface area contributed by atoms with E-state index in [0.29, 0.717) is 13.0 Å². The Morgan fingerprint density at radius 1 is 0.844 bits per heavy atom. The Balaban J connectivity index is 2.16. The molecule has 1 rings (SSSR count). The lowest BCUT2D eigenvalue weighted by Gasteiger charge is -2.22. The van der Waals surface area contributed by atoms with Gasteiger partial charge in [-0.25, -0.2) is 0 Å². The van der Waals surface area contributed by atoms with Gasteiger partial charge in [-0.1, -0.05) is 109 Å². The van der Waals surface area contributed by atoms with Gasteiger partial charge in [-0.3, -0.25) is 4.79 Å². The molecule has 1 aliphatic carbocycles. The van der Waals surface area contributed by atoms with E-state index in [4.69, 9.17) is 4.74 Å². The van der Waals surface area contributed by atoms with Gasteiger partial charge in [-0.2, -0.15) is 0 Å². The van der Waals surface area contributed by atoms with E-state index in [9.17, 15) is 9.90 Å². The SMILES string of the molecule is CCCCCCCCCCCCCC1=C([C@@H](O)[C@H](COC)NC(=O)CCCCCCC)C1. The minimum absolute atomic E-state index is 0.0377. The fourth-order valence-corrected chi connectivity index (χ4v) is 4.55. The number of carbonyl (C=O) groups is 1. The number of hydrogen-bond donors (Lipinski definition) is 2. The largest absolute Gasteiger partial charge is 0.386 e. The van der Waals surface area contributed by atoms with Crippen LogP contribution in [0.1, 0.15) is 136 Å². The van der Waals surface area contributed by atoms with Gasteiger partial charge in [0.05, 0.1) is 18.8 Å². The zero-order valence-corrected chi connectivity index (χ0v) is 21.6. The monoisotopic (exact) mass is 451 g/mol. The average molecular weight is 452 g/mol. The van der Waals surface area contributed by atoms with Crippen molar-refractivity contribution in [2.75, 3.05) is 13.7 Å². The summed E-state index contributed by atoms with van der Waals surface area (Å²) in [6.45, 7) is 4.83. The molecule has 4 heteroatoms. The third-order valence-electron chi connectivity index (χ3n) is 6.75. The summed E-state index contributed by atoms with van der Waals surface area (Å²) in [6.07, 6.45) is 22.6. The second-order valence-electron chi connectivity index (χ2n) is 9.83. The Bertz CT molecular complexity index is 503. The van der Waals surface area contributed by atoms with Gasteiger partial charge in [0.2, 0.25) is 5.91 Å². The minimum Gasteiger partial charge on any atom is -0.386 e. The van der Waals surface area contributed by atoms with Gasteiger partial charge >= 0.3 is 0 Å². The highest BCUT2D eigenvalue weighted by Gasteiger charge is 2.33. The first-order valence-corrected chi connectivity index (χ1v) is 13.8. The Morgan fingerprint density at radius 3 is 1.88 bits per heavy atom. The smallest absolute Gasteiger partial charge is 0.220 e. The summed E-state index contributed by atoms with van der Waals surface area (Å²) in [7, 11) is 1.63. The number of aliphatic hydroxyl groups is 1. The number of rotatable bonds is 23. The number of aliphatic hydroxyl groups excluding tert-OH is 1. The first kappa shape index (κ1) is 29.2. The van der Waals surface area contributed by atoms with Crippen molar-refractivity contribution in [1.82, 2.24) is 5.32 Å². The summed E-state index contributed by atoms with van der Waals surface area (Å²) in [4.78, 5) is 12.3. The van der Waals surface area contributed by atoms with Crippen molar-refractivity contribution >= 4 is 5.91 Å². The van der Waals surface area contributed by atoms with E-state index in [0.717, 1.165) is 31.3 Å². The summed E-state index contributed by atoms with van der Waals surface area (Å²) in [5.41, 5.74) is 2.55. The molecule has 0 spiro atoms. The van der Waals surface area contributed by atoms with E-state index in [1.165, 1.54) is 95.5 Å². The van der Waals surface area contributed by atoms with Gasteiger partial charge in [0.15, 0.2) is 0 Å². The number of methoxy groups -OCH3 is 1. The fraction of sp³-hybridized carbons (Fsp3) is 0.893. The second kappa shape index (κ2) is 19.6. The summed E-state index contributed by atoms with van der Waals surface area (Å²) in [6, 6.07) is -0.326. The van der Waals surface area contributed by atoms with Gasteiger partial charge in [-0.15, -0.1) is 0 Å². The van der Waals surface area contributed by atoms with Gasteiger partial charge < -0.3 is 15.2 Å². The van der Waals surface area contributed by atoms with Crippen LogP contribution >= 0.6 is 0 Å². The number of unbranched alkanes of at least 4 members (excludes halogenated alkanes) is 14. The molecule has 0 aromatic rings. The quantitative estimate of drug-likeness (QED) is 0.127. The normalized spacial score (nSPS) is 15.1. The van der Waals surface area contributed by atoms with Crippen LogP contribution in [0.2, 0.25) is 0 Å². The molecule has 1 amide bonds. The molecule has 32 heavy (non-hydrogen) atoms. The maximum absolute atomic E-state index is 12.3. The molecular weight excluding hydrogens is 398 g/mol. The van der Waals surface area contributed by atoms with Crippen molar-refractivity contribution < 1.29 is 14.6 Å². The van der Waals surface area contributed by atoms with Crippen molar-refractivity contribution in [2.24, 2.45) is 0 Å². The van der Waals surface area contributed by atoms with Gasteiger partial charge in [0, 0.05) is 13.5 Å². The fourth-order valence-electron chi connectivity index (χ4n) is 4.55. The molecule has 2 atom stereocenters. The lowest BCUT2D eigenvalue weighted by Crippen LogP contribution is -2.46. The molecule has 0 saturated carbocycles. The van der Waals surface area contributed by atoms with Gasteiger partial charge in [0.1, 0.15) is 0 Å². The second-order valence-corrected chi connectivity index (χ2v) is 9.83. The molecule has 1 aliphatic rings. The molecule has 2 N–H and O–H groups in total. The molecule has 0 aromatic heterocycles. The van der Waals surface area contributed by atoms with Crippen molar-refractivity contribution in [3.8, 4) is 0 Å². The molecule has 0 bridgehead atoms. The van der Waals surface area contributed by atoms with Crippen LogP contribution in [0.3, 0.4) is 0 Å². The van der Waals surface area contributed by atoms with E-state index in [1.807, 2.05) is 0 Å². The third-order valence-corrected chi connectivity index (χ3v) is 6.75. The number of hydrogen-bond acceptors (Lipinski definition) is 3. The standard InChI is InChI=1S/C28H53NO3/c1-4-6-8-10-11-12-13-14-15-17-18-20-24-22-25(24)28(31)26(23-32-3)29-27(30)21-19-16-9-7-5-2/h26,28,31H,4-23H2,1-3H3,(H,29,30)/t26-,28+/m0/s1. The van der Waals surface area contributed by atoms with Gasteiger partial charge in [-0.05, 0) is 31.3 Å². The van der Waals surface area contributed by atoms with Crippen LogP contribution in [-0.4, -0.2) is 36.9 Å². The molecule has 0 radical (unpaired) electrons. The van der Waals surface area contributed by atoms with Crippen LogP contribution in [0, 0.1) is 0 Å². The number of ether oxygens (including phenoxy) is 1. The molecule has 0 aliphatic heterocycles. The maximum atomic E-state index is 12.3. The molecular formula is C28H53NO3. The summed E-state index contributed by atoms with van der Waals surface area (Å²) in [5, 5.41) is 13.8. The minimum atomic E-state index is -0.596. The first-order chi connectivity index (χ1) is 15.6. The van der Waals surface area contributed by atoms with Crippen molar-refractivity contribution in [3.05, 3.63) is 11.1 Å². The first-order valence-electron chi connectivity index (χ1n) is 13.8. The number of allylic oxidation sites excluding steroid dienone is 1. The van der Waals surface area contributed by atoms with E-state index < -0.39 is 6.10 Å². The van der Waals surface area contributed by atoms with Crippen LogP contribution < -0.4 is 5.32 Å². The van der Waals surface area contributed by atoms with Crippen LogP contribution in [0.5, 0.6) is 0 Å². The highest BCUT2D eigenvalue weighted by Crippen LogP contribution is 2.38.